The Labute approximate surface area is 494 Å². The Morgan fingerprint density at radius 2 is 0.647 bits per heavy atom. The third-order valence-electron chi connectivity index (χ3n) is 17.5. The highest BCUT2D eigenvalue weighted by Gasteiger charge is 2.21. The van der Waals surface area contributed by atoms with Crippen LogP contribution >= 0.6 is 0 Å². The molecule has 3 heteroatoms. The van der Waals surface area contributed by atoms with Crippen molar-refractivity contribution in [2.24, 2.45) is 0 Å². The van der Waals surface area contributed by atoms with E-state index in [4.69, 9.17) is 4.42 Å². The first-order valence-corrected chi connectivity index (χ1v) is 29.3. The minimum Gasteiger partial charge on any atom is -0.456 e. The first kappa shape index (κ1) is 49.8. The second-order valence-electron chi connectivity index (χ2n) is 22.5. The summed E-state index contributed by atoms with van der Waals surface area (Å²) in [4.78, 5) is 4.79. The maximum atomic E-state index is 6.22. The summed E-state index contributed by atoms with van der Waals surface area (Å²) in [7, 11) is 0. The van der Waals surface area contributed by atoms with Gasteiger partial charge in [-0.15, -0.1) is 0 Å². The predicted octanol–water partition coefficient (Wildman–Crippen LogP) is 23.6. The molecule has 85 heavy (non-hydrogen) atoms. The molecule has 16 aromatic rings. The molecule has 0 saturated heterocycles. The zero-order valence-electron chi connectivity index (χ0n) is 47.2. The maximum Gasteiger partial charge on any atom is 0.135 e. The van der Waals surface area contributed by atoms with E-state index in [1.807, 2.05) is 12.1 Å². The molecule has 1 heterocycles. The van der Waals surface area contributed by atoms with Crippen LogP contribution in [0.25, 0.3) is 120 Å². The van der Waals surface area contributed by atoms with E-state index in [2.05, 4.69) is 315 Å². The zero-order valence-corrected chi connectivity index (χ0v) is 47.2. The average Bonchev–Trinajstić information content (AvgIpc) is 3.33. The lowest BCUT2D eigenvalue weighted by Crippen LogP contribution is -2.11. The molecule has 0 amide bonds. The summed E-state index contributed by atoms with van der Waals surface area (Å²) in [5.41, 5.74) is 20.3. The van der Waals surface area contributed by atoms with Crippen molar-refractivity contribution >= 4 is 110 Å². The number of hydrogen-bond donors (Lipinski definition) is 0. The topological polar surface area (TPSA) is 19.6 Å². The van der Waals surface area contributed by atoms with E-state index in [9.17, 15) is 0 Å². The van der Waals surface area contributed by atoms with Crippen LogP contribution in [-0.2, 0) is 0 Å². The van der Waals surface area contributed by atoms with Crippen molar-refractivity contribution < 1.29 is 4.42 Å². The van der Waals surface area contributed by atoms with Crippen molar-refractivity contribution in [3.63, 3.8) is 0 Å². The van der Waals surface area contributed by atoms with Gasteiger partial charge in [0.05, 0.1) is 5.69 Å². The van der Waals surface area contributed by atoms with Crippen LogP contribution in [0.2, 0.25) is 0 Å². The molecule has 400 valence electrons. The quantitative estimate of drug-likeness (QED) is 0.127. The van der Waals surface area contributed by atoms with Gasteiger partial charge >= 0.3 is 0 Å². The van der Waals surface area contributed by atoms with Crippen LogP contribution < -0.4 is 9.80 Å². The van der Waals surface area contributed by atoms with Crippen LogP contribution in [-0.4, -0.2) is 0 Å². The molecule has 0 atom stereocenters. The largest absolute Gasteiger partial charge is 0.456 e. The highest BCUT2D eigenvalue weighted by atomic mass is 16.3. The molecule has 15 aromatic carbocycles. The fourth-order valence-corrected chi connectivity index (χ4v) is 13.4. The smallest absolute Gasteiger partial charge is 0.135 e. The van der Waals surface area contributed by atoms with Crippen molar-refractivity contribution in [3.8, 4) is 44.5 Å². The Kier molecular flexibility index (Phi) is 12.0. The molecule has 0 N–H and O–H groups in total. The van der Waals surface area contributed by atoms with E-state index in [1.54, 1.807) is 0 Å². The molecule has 0 bridgehead atoms. The van der Waals surface area contributed by atoms with Crippen LogP contribution in [0.4, 0.5) is 34.1 Å². The first-order valence-electron chi connectivity index (χ1n) is 29.3. The summed E-state index contributed by atoms with van der Waals surface area (Å²) in [6.45, 7) is 4.49. The van der Waals surface area contributed by atoms with Crippen LogP contribution in [0, 0.1) is 13.8 Å². The Balaban J connectivity index is 0.777. The molecule has 0 aliphatic rings. The van der Waals surface area contributed by atoms with E-state index in [0.29, 0.717) is 0 Å². The third-order valence-corrected chi connectivity index (χ3v) is 17.5. The number of anilines is 6. The van der Waals surface area contributed by atoms with Gasteiger partial charge in [0.15, 0.2) is 0 Å². The van der Waals surface area contributed by atoms with Gasteiger partial charge in [-0.1, -0.05) is 212 Å². The van der Waals surface area contributed by atoms with E-state index in [-0.39, 0.29) is 0 Å². The summed E-state index contributed by atoms with van der Waals surface area (Å²) in [5, 5.41) is 14.8. The maximum absolute atomic E-state index is 6.22. The lowest BCUT2D eigenvalue weighted by molar-refractivity contribution is 0.669. The highest BCUT2D eigenvalue weighted by molar-refractivity contribution is 6.26. The molecular weight excluding hydrogens is 1030 g/mol. The Morgan fingerprint density at radius 3 is 1.28 bits per heavy atom. The zero-order chi connectivity index (χ0) is 56.5. The summed E-state index contributed by atoms with van der Waals surface area (Å²) >= 11 is 0. The molecule has 0 saturated carbocycles. The SMILES string of the molecule is Cc1cc(N(c2ccc(-c3ccc4c5ccccc5c5ccccc5c4c3)cc2)c2ccc(-c3ccc(-c4ccc5oc6ccccc6c5c4)c4ccccc34)cc2)ccc1-c1ccc(N(c2ccccc2)c2cccc3ccccc23)cc1C. The molecule has 16 rings (SSSR count). The molecule has 0 unspecified atom stereocenters. The summed E-state index contributed by atoms with van der Waals surface area (Å²) in [6.07, 6.45) is 0. The molecular formula is C82H56N2O. The number of nitrogens with zero attached hydrogens (tertiary/aromatic N) is 2. The van der Waals surface area contributed by atoms with Crippen molar-refractivity contribution in [2.45, 2.75) is 13.8 Å². The minimum atomic E-state index is 0.902. The second kappa shape index (κ2) is 20.5. The number of benzene rings is 15. The van der Waals surface area contributed by atoms with Gasteiger partial charge in [0.2, 0.25) is 0 Å². The van der Waals surface area contributed by atoms with E-state index in [1.165, 1.54) is 104 Å². The number of para-hydroxylation sites is 2. The second-order valence-corrected chi connectivity index (χ2v) is 22.5. The number of fused-ring (bicyclic) bond motifs is 11. The summed E-state index contributed by atoms with van der Waals surface area (Å²) < 4.78 is 6.22. The highest BCUT2D eigenvalue weighted by Crippen LogP contribution is 2.45. The molecule has 0 radical (unpaired) electrons. The third kappa shape index (κ3) is 8.59. The summed E-state index contributed by atoms with van der Waals surface area (Å²) in [6, 6.07) is 111. The van der Waals surface area contributed by atoms with E-state index in [0.717, 1.165) is 61.6 Å². The number of furan rings is 1. The van der Waals surface area contributed by atoms with Gasteiger partial charge in [0, 0.05) is 44.6 Å². The van der Waals surface area contributed by atoms with Crippen molar-refractivity contribution in [1.29, 1.82) is 0 Å². The van der Waals surface area contributed by atoms with Crippen LogP contribution in [0.15, 0.2) is 308 Å². The number of rotatable bonds is 10. The first-order chi connectivity index (χ1) is 42.0. The van der Waals surface area contributed by atoms with Crippen LogP contribution in [0.3, 0.4) is 0 Å². The molecule has 0 spiro atoms. The van der Waals surface area contributed by atoms with Gasteiger partial charge in [-0.25, -0.2) is 0 Å². The number of hydrogen-bond acceptors (Lipinski definition) is 3. The normalized spacial score (nSPS) is 11.6. The lowest BCUT2D eigenvalue weighted by Gasteiger charge is -2.28. The average molecular weight is 1090 g/mol. The van der Waals surface area contributed by atoms with Gasteiger partial charge in [0.25, 0.3) is 0 Å². The summed E-state index contributed by atoms with van der Waals surface area (Å²) in [5.74, 6) is 0. The van der Waals surface area contributed by atoms with Gasteiger partial charge < -0.3 is 14.2 Å². The molecule has 0 aliphatic heterocycles. The monoisotopic (exact) mass is 1080 g/mol. The predicted molar refractivity (Wildman–Crippen MR) is 362 cm³/mol. The number of aryl methyl sites for hydroxylation is 2. The van der Waals surface area contributed by atoms with Crippen molar-refractivity contribution in [3.05, 3.63) is 314 Å². The Bertz CT molecular complexity index is 5230. The molecule has 0 fully saturated rings. The van der Waals surface area contributed by atoms with Gasteiger partial charge in [-0.3, -0.25) is 0 Å². The van der Waals surface area contributed by atoms with Gasteiger partial charge in [-0.2, -0.15) is 0 Å². The molecule has 1 aromatic heterocycles. The standard InChI is InChI=1S/C82H56N2O/c1-53-49-63(41-44-65(53)66-45-42-64(50-54(66)2)84(60-19-4-3-5-20-60)80-29-16-18-56-17-6-7-21-69(56)80)83(61-37-31-55(32-38-61)58-35-43-76-74-26-11-10-24-72(74)73-25-12-13-27-75(73)78(76)51-58)62-39-33-57(34-40-62)67-46-47-68(71-23-9-8-22-70(67)71)59-36-48-82-79(52-59)77-28-14-15-30-81(77)85-82/h3-52H,1-2H3. The Morgan fingerprint density at radius 1 is 0.224 bits per heavy atom. The van der Waals surface area contributed by atoms with Gasteiger partial charge in [0.1, 0.15) is 11.2 Å². The molecule has 0 aliphatic carbocycles. The van der Waals surface area contributed by atoms with Crippen LogP contribution in [0.1, 0.15) is 11.1 Å². The van der Waals surface area contributed by atoms with E-state index < -0.39 is 0 Å². The van der Waals surface area contributed by atoms with Crippen molar-refractivity contribution in [1.82, 2.24) is 0 Å². The fraction of sp³-hybridized carbons (Fsp3) is 0.0244. The van der Waals surface area contributed by atoms with Gasteiger partial charge in [-0.05, 0) is 209 Å². The fourth-order valence-electron chi connectivity index (χ4n) is 13.4. The van der Waals surface area contributed by atoms with Crippen molar-refractivity contribution in [2.75, 3.05) is 9.80 Å². The lowest BCUT2D eigenvalue weighted by atomic mass is 9.91. The van der Waals surface area contributed by atoms with E-state index >= 15 is 0 Å². The molecule has 3 nitrogen and oxygen atoms in total. The Hall–Kier alpha value is -11.0. The minimum absolute atomic E-state index is 0.902. The van der Waals surface area contributed by atoms with Crippen LogP contribution in [0.5, 0.6) is 0 Å².